The number of nitrogens with two attached hydrogens (primary N) is 1. The van der Waals surface area contributed by atoms with E-state index in [1.807, 2.05) is 0 Å². The number of rotatable bonds is 6. The Morgan fingerprint density at radius 1 is 1.32 bits per heavy atom. The molecule has 0 radical (unpaired) electrons. The van der Waals surface area contributed by atoms with E-state index < -0.39 is 41.9 Å². The van der Waals surface area contributed by atoms with Crippen molar-refractivity contribution in [2.75, 3.05) is 13.7 Å². The van der Waals surface area contributed by atoms with E-state index in [9.17, 15) is 19.8 Å². The number of nitrogens with one attached hydrogen (secondary N) is 1. The first-order valence-electron chi connectivity index (χ1n) is 9.34. The van der Waals surface area contributed by atoms with E-state index in [1.165, 1.54) is 19.4 Å². The number of aliphatic hydroxyl groups excluding tert-OH is 2. The van der Waals surface area contributed by atoms with Crippen LogP contribution in [0.5, 0.6) is 0 Å². The van der Waals surface area contributed by atoms with Gasteiger partial charge in [-0.3, -0.25) is 14.3 Å². The van der Waals surface area contributed by atoms with Gasteiger partial charge >= 0.3 is 5.69 Å². The minimum atomic E-state index is -1.11. The summed E-state index contributed by atoms with van der Waals surface area (Å²) in [6, 6.07) is 1.17. The van der Waals surface area contributed by atoms with E-state index in [1.54, 1.807) is 6.92 Å². The molecule has 0 amide bonds. The highest BCUT2D eigenvalue weighted by Crippen LogP contribution is 2.32. The van der Waals surface area contributed by atoms with Crippen LogP contribution < -0.4 is 17.0 Å². The molecule has 9 nitrogen and oxygen atoms in total. The first kappa shape index (κ1) is 25.8. The zero-order valence-corrected chi connectivity index (χ0v) is 17.3. The second-order valence-corrected chi connectivity index (χ2v) is 6.22. The maximum atomic E-state index is 11.9. The smallest absolute Gasteiger partial charge is 0.330 e. The second-order valence-electron chi connectivity index (χ2n) is 6.22. The minimum Gasteiger partial charge on any atom is -0.390 e. The van der Waals surface area contributed by atoms with Gasteiger partial charge in [-0.25, -0.2) is 4.79 Å². The maximum Gasteiger partial charge on any atom is 0.330 e. The van der Waals surface area contributed by atoms with Crippen LogP contribution in [0.4, 0.5) is 0 Å². The number of methoxy groups -OCH3 is 1. The lowest BCUT2D eigenvalue weighted by molar-refractivity contribution is -0.0894. The number of aliphatic hydroxyl groups is 2. The molecule has 31 heavy (non-hydrogen) atoms. The Balaban J connectivity index is 0.000000452. The highest BCUT2D eigenvalue weighted by atomic mass is 16.6. The highest BCUT2D eigenvalue weighted by Gasteiger charge is 2.48. The molecule has 1 aliphatic rings. The minimum absolute atomic E-state index is 0.363. The third-order valence-corrected chi connectivity index (χ3v) is 4.18. The van der Waals surface area contributed by atoms with Crippen molar-refractivity contribution in [1.82, 2.24) is 9.55 Å². The number of aromatic amines is 1. The molecule has 0 aliphatic carbocycles. The Morgan fingerprint density at radius 2 is 2.00 bits per heavy atom. The molecule has 2 heterocycles. The van der Waals surface area contributed by atoms with Gasteiger partial charge in [0, 0.05) is 19.4 Å². The van der Waals surface area contributed by atoms with Crippen LogP contribution in [0.25, 0.3) is 0 Å². The zero-order valence-electron chi connectivity index (χ0n) is 17.3. The molecule has 0 spiro atoms. The lowest BCUT2D eigenvalue weighted by Crippen LogP contribution is -2.40. The van der Waals surface area contributed by atoms with Crippen molar-refractivity contribution in [2.24, 2.45) is 5.73 Å². The molecule has 1 aromatic heterocycles. The van der Waals surface area contributed by atoms with E-state index in [2.05, 4.69) is 46.4 Å². The van der Waals surface area contributed by atoms with E-state index in [0.717, 1.165) is 4.57 Å². The number of H-pyrrole nitrogens is 1. The van der Waals surface area contributed by atoms with Crippen molar-refractivity contribution in [1.29, 1.82) is 0 Å². The van der Waals surface area contributed by atoms with Crippen molar-refractivity contribution in [2.45, 2.75) is 50.4 Å². The van der Waals surface area contributed by atoms with Crippen LogP contribution in [0.3, 0.4) is 0 Å². The standard InChI is InChI=1S/C13H21N3O6.C9H4/c1-21-11-9(19)10(7(17)3-2-5-14)22-12(11)16-6-4-8(18)15-13(16)20;1-3-5-7-9-8-6-4-2/h4,6-7,9-12,17,19H,2-3,5,14H2,1H3,(H,15,18,20);1H,2H3/t7-,9?,10-,11+,12-;/m1./s1. The Bertz CT molecular complexity index is 1050. The van der Waals surface area contributed by atoms with Gasteiger partial charge in [-0.1, -0.05) is 5.92 Å². The SMILES string of the molecule is C#CC#CC#CC#CC.CO[C@H]1C(O)[C@@H]([C@H](O)CCCN)O[C@H]1n1ccc(=O)[nH]c1=O. The van der Waals surface area contributed by atoms with Gasteiger partial charge in [0.05, 0.1) is 6.10 Å². The topological polar surface area (TPSA) is 140 Å². The Kier molecular flexibility index (Phi) is 11.5. The van der Waals surface area contributed by atoms with Crippen molar-refractivity contribution in [3.05, 3.63) is 33.1 Å². The number of terminal acetylenes is 1. The molecule has 1 aliphatic heterocycles. The third-order valence-electron chi connectivity index (χ3n) is 4.18. The van der Waals surface area contributed by atoms with Crippen LogP contribution >= 0.6 is 0 Å². The quantitative estimate of drug-likeness (QED) is 0.408. The predicted molar refractivity (Wildman–Crippen MR) is 114 cm³/mol. The fourth-order valence-electron chi connectivity index (χ4n) is 2.78. The molecule has 0 saturated carbocycles. The summed E-state index contributed by atoms with van der Waals surface area (Å²) in [5, 5.41) is 20.4. The van der Waals surface area contributed by atoms with Gasteiger partial charge in [0.25, 0.3) is 5.56 Å². The number of hydrogen-bond donors (Lipinski definition) is 4. The summed E-state index contributed by atoms with van der Waals surface area (Å²) in [5.41, 5.74) is 4.19. The van der Waals surface area contributed by atoms with Gasteiger partial charge in [-0.2, -0.15) is 0 Å². The summed E-state index contributed by atoms with van der Waals surface area (Å²) in [6.45, 7) is 2.12. The van der Waals surface area contributed by atoms with Crippen LogP contribution in [0.2, 0.25) is 0 Å². The van der Waals surface area contributed by atoms with Crippen LogP contribution in [0.15, 0.2) is 21.9 Å². The number of hydrogen-bond acceptors (Lipinski definition) is 7. The zero-order chi connectivity index (χ0) is 23.2. The summed E-state index contributed by atoms with van der Waals surface area (Å²) >= 11 is 0. The summed E-state index contributed by atoms with van der Waals surface area (Å²) in [4.78, 5) is 25.1. The van der Waals surface area contributed by atoms with Gasteiger partial charge in [-0.05, 0) is 61.8 Å². The van der Waals surface area contributed by atoms with Gasteiger partial charge in [0.15, 0.2) is 6.23 Å². The number of aromatic nitrogens is 2. The molecule has 2 rings (SSSR count). The maximum absolute atomic E-state index is 11.9. The molecular weight excluding hydrogens is 402 g/mol. The van der Waals surface area contributed by atoms with Gasteiger partial charge < -0.3 is 25.4 Å². The predicted octanol–water partition coefficient (Wildman–Crippen LogP) is -1.44. The third kappa shape index (κ3) is 7.81. The lowest BCUT2D eigenvalue weighted by atomic mass is 10.0. The van der Waals surface area contributed by atoms with Crippen LogP contribution in [-0.4, -0.2) is 57.8 Å². The summed E-state index contributed by atoms with van der Waals surface area (Å²) < 4.78 is 11.9. The molecule has 164 valence electrons. The van der Waals surface area contributed by atoms with Crippen LogP contribution in [-0.2, 0) is 9.47 Å². The van der Waals surface area contributed by atoms with E-state index >= 15 is 0 Å². The van der Waals surface area contributed by atoms with Crippen LogP contribution in [0, 0.1) is 47.9 Å². The number of nitrogens with zero attached hydrogens (tertiary/aromatic N) is 1. The Labute approximate surface area is 180 Å². The Morgan fingerprint density at radius 3 is 2.58 bits per heavy atom. The molecule has 1 fully saturated rings. The van der Waals surface area contributed by atoms with Gasteiger partial charge in [0.1, 0.15) is 18.3 Å². The highest BCUT2D eigenvalue weighted by molar-refractivity contribution is 5.38. The molecule has 0 aromatic carbocycles. The lowest BCUT2D eigenvalue weighted by Gasteiger charge is -2.21. The summed E-state index contributed by atoms with van der Waals surface area (Å²) in [7, 11) is 1.37. The fraction of sp³-hybridized carbons (Fsp3) is 0.455. The van der Waals surface area contributed by atoms with Crippen molar-refractivity contribution < 1.29 is 19.7 Å². The van der Waals surface area contributed by atoms with Gasteiger partial charge in [-0.15, -0.1) is 6.42 Å². The van der Waals surface area contributed by atoms with Crippen molar-refractivity contribution >= 4 is 0 Å². The first-order chi connectivity index (χ1) is 14.9. The molecule has 9 heteroatoms. The molecule has 1 aromatic rings. The van der Waals surface area contributed by atoms with E-state index in [-0.39, 0.29) is 0 Å². The summed E-state index contributed by atoms with van der Waals surface area (Å²) in [5.74, 6) is 17.0. The van der Waals surface area contributed by atoms with Crippen molar-refractivity contribution in [3.8, 4) is 47.9 Å². The van der Waals surface area contributed by atoms with E-state index in [0.29, 0.717) is 19.4 Å². The molecule has 0 bridgehead atoms. The van der Waals surface area contributed by atoms with E-state index in [4.69, 9.17) is 21.6 Å². The van der Waals surface area contributed by atoms with Gasteiger partial charge in [0.2, 0.25) is 0 Å². The largest absolute Gasteiger partial charge is 0.390 e. The summed E-state index contributed by atoms with van der Waals surface area (Å²) in [6.07, 6.45) is 2.29. The number of ether oxygens (including phenoxy) is 2. The second kappa shape index (κ2) is 13.9. The molecular formula is C22H25N3O6. The van der Waals surface area contributed by atoms with Crippen molar-refractivity contribution in [3.63, 3.8) is 0 Å². The first-order valence-corrected chi connectivity index (χ1v) is 9.34. The molecule has 1 unspecified atom stereocenters. The average molecular weight is 427 g/mol. The molecule has 5 atom stereocenters. The molecule has 5 N–H and O–H groups in total. The van der Waals surface area contributed by atoms with Crippen LogP contribution in [0.1, 0.15) is 26.0 Å². The average Bonchev–Trinajstić information content (AvgIpc) is 3.08. The monoisotopic (exact) mass is 427 g/mol. The fourth-order valence-corrected chi connectivity index (χ4v) is 2.78. The normalized spacial score (nSPS) is 22.1. The molecule has 1 saturated heterocycles. The Hall–Kier alpha value is -3.28.